The third-order valence-electron chi connectivity index (χ3n) is 3.24. The van der Waals surface area contributed by atoms with Gasteiger partial charge in [0.15, 0.2) is 6.23 Å². The highest BCUT2D eigenvalue weighted by atomic mass is 16.5. The van der Waals surface area contributed by atoms with Crippen LogP contribution in [-0.2, 0) is 14.3 Å². The molecule has 2 rings (SSSR count). The Morgan fingerprint density at radius 3 is 2.50 bits per heavy atom. The molecule has 2 unspecified atom stereocenters. The van der Waals surface area contributed by atoms with E-state index < -0.39 is 0 Å². The lowest BCUT2D eigenvalue weighted by molar-refractivity contribution is -0.143. The molecule has 108 valence electrons. The molecule has 0 fully saturated rings. The molecule has 1 aliphatic heterocycles. The van der Waals surface area contributed by atoms with Crippen molar-refractivity contribution >= 4 is 11.7 Å². The van der Waals surface area contributed by atoms with Gasteiger partial charge >= 0.3 is 5.97 Å². The van der Waals surface area contributed by atoms with Gasteiger partial charge in [-0.05, 0) is 5.56 Å². The third kappa shape index (κ3) is 3.25. The molecule has 0 aromatic heterocycles. The number of aliphatic imine (C=N–C) groups is 1. The van der Waals surface area contributed by atoms with Gasteiger partial charge in [-0.25, -0.2) is 0 Å². The average Bonchev–Trinajstić information content (AvgIpc) is 2.83. The standard InChI is InChI=1S/C16H21NO3/c1-16(2,3)15-17-14(11-8-6-5-7-9-11)12(20-15)10-13(18)19-4/h5-9,12,15H,10H2,1-4H3. The molecule has 0 saturated carbocycles. The summed E-state index contributed by atoms with van der Waals surface area (Å²) in [5.41, 5.74) is 1.72. The van der Waals surface area contributed by atoms with Crippen LogP contribution in [-0.4, -0.2) is 31.1 Å². The molecule has 0 saturated heterocycles. The van der Waals surface area contributed by atoms with E-state index in [4.69, 9.17) is 9.47 Å². The number of hydrogen-bond acceptors (Lipinski definition) is 4. The van der Waals surface area contributed by atoms with Crippen molar-refractivity contribution in [3.63, 3.8) is 0 Å². The van der Waals surface area contributed by atoms with Gasteiger partial charge in [0, 0.05) is 5.41 Å². The van der Waals surface area contributed by atoms with Crippen LogP contribution in [0.4, 0.5) is 0 Å². The first-order valence-electron chi connectivity index (χ1n) is 6.77. The van der Waals surface area contributed by atoms with Crippen LogP contribution in [0.3, 0.4) is 0 Å². The molecule has 1 aliphatic rings. The van der Waals surface area contributed by atoms with Crippen LogP contribution in [0.1, 0.15) is 32.8 Å². The van der Waals surface area contributed by atoms with Gasteiger partial charge in [-0.1, -0.05) is 51.1 Å². The number of hydrogen-bond donors (Lipinski definition) is 0. The quantitative estimate of drug-likeness (QED) is 0.797. The lowest BCUT2D eigenvalue weighted by Crippen LogP contribution is -2.29. The van der Waals surface area contributed by atoms with E-state index in [2.05, 4.69) is 25.8 Å². The molecule has 0 bridgehead atoms. The molecular formula is C16H21NO3. The van der Waals surface area contributed by atoms with E-state index in [0.29, 0.717) is 0 Å². The third-order valence-corrected chi connectivity index (χ3v) is 3.24. The fourth-order valence-corrected chi connectivity index (χ4v) is 2.11. The van der Waals surface area contributed by atoms with E-state index in [1.165, 1.54) is 7.11 Å². The van der Waals surface area contributed by atoms with E-state index in [-0.39, 0.29) is 30.1 Å². The predicted molar refractivity (Wildman–Crippen MR) is 77.7 cm³/mol. The van der Waals surface area contributed by atoms with Crippen LogP contribution in [0.25, 0.3) is 0 Å². The summed E-state index contributed by atoms with van der Waals surface area (Å²) >= 11 is 0. The molecule has 0 spiro atoms. The smallest absolute Gasteiger partial charge is 0.308 e. The number of carbonyl (C=O) groups is 1. The van der Waals surface area contributed by atoms with E-state index in [1.54, 1.807) is 0 Å². The second kappa shape index (κ2) is 5.75. The molecule has 4 heteroatoms. The van der Waals surface area contributed by atoms with Gasteiger partial charge in [0.1, 0.15) is 6.10 Å². The highest BCUT2D eigenvalue weighted by Crippen LogP contribution is 2.31. The Morgan fingerprint density at radius 1 is 1.30 bits per heavy atom. The van der Waals surface area contributed by atoms with Crippen LogP contribution in [0.15, 0.2) is 35.3 Å². The number of ether oxygens (including phenoxy) is 2. The molecule has 0 aliphatic carbocycles. The number of esters is 1. The van der Waals surface area contributed by atoms with Crippen molar-refractivity contribution in [1.29, 1.82) is 0 Å². The molecule has 0 N–H and O–H groups in total. The normalized spacial score (nSPS) is 22.5. The first kappa shape index (κ1) is 14.7. The summed E-state index contributed by atoms with van der Waals surface area (Å²) in [5.74, 6) is -0.284. The second-order valence-electron chi connectivity index (χ2n) is 6.00. The van der Waals surface area contributed by atoms with Crippen LogP contribution in [0.2, 0.25) is 0 Å². The summed E-state index contributed by atoms with van der Waals surface area (Å²) < 4.78 is 10.7. The summed E-state index contributed by atoms with van der Waals surface area (Å²) in [6.07, 6.45) is -0.391. The second-order valence-corrected chi connectivity index (χ2v) is 6.00. The largest absolute Gasteiger partial charge is 0.469 e. The molecule has 20 heavy (non-hydrogen) atoms. The number of rotatable bonds is 3. The summed E-state index contributed by atoms with van der Waals surface area (Å²) in [5, 5.41) is 0. The van der Waals surface area contributed by atoms with Crippen molar-refractivity contribution in [3.05, 3.63) is 35.9 Å². The number of benzene rings is 1. The lowest BCUT2D eigenvalue weighted by atomic mass is 9.95. The molecule has 1 aromatic carbocycles. The molecule has 1 aromatic rings. The zero-order valence-corrected chi connectivity index (χ0v) is 12.4. The minimum Gasteiger partial charge on any atom is -0.469 e. The molecule has 0 radical (unpaired) electrons. The Kier molecular flexibility index (Phi) is 4.23. The number of carbonyl (C=O) groups excluding carboxylic acids is 1. The molecule has 1 heterocycles. The van der Waals surface area contributed by atoms with E-state index >= 15 is 0 Å². The first-order chi connectivity index (χ1) is 9.41. The highest BCUT2D eigenvalue weighted by Gasteiger charge is 2.37. The van der Waals surface area contributed by atoms with Gasteiger partial charge in [0.2, 0.25) is 0 Å². The van der Waals surface area contributed by atoms with Gasteiger partial charge in [0.25, 0.3) is 0 Å². The molecule has 0 amide bonds. The van der Waals surface area contributed by atoms with E-state index in [1.807, 2.05) is 30.3 Å². The fraction of sp³-hybridized carbons (Fsp3) is 0.500. The van der Waals surface area contributed by atoms with Crippen molar-refractivity contribution in [2.75, 3.05) is 7.11 Å². The topological polar surface area (TPSA) is 47.9 Å². The fourth-order valence-electron chi connectivity index (χ4n) is 2.11. The Hall–Kier alpha value is -1.68. The number of nitrogens with zero attached hydrogens (tertiary/aromatic N) is 1. The van der Waals surface area contributed by atoms with E-state index in [0.717, 1.165) is 11.3 Å². The monoisotopic (exact) mass is 275 g/mol. The van der Waals surface area contributed by atoms with Crippen LogP contribution < -0.4 is 0 Å². The molecular weight excluding hydrogens is 254 g/mol. The predicted octanol–water partition coefficient (Wildman–Crippen LogP) is 2.81. The number of methoxy groups -OCH3 is 1. The Balaban J connectivity index is 2.28. The highest BCUT2D eigenvalue weighted by molar-refractivity contribution is 6.06. The van der Waals surface area contributed by atoms with Crippen LogP contribution in [0, 0.1) is 5.41 Å². The average molecular weight is 275 g/mol. The van der Waals surface area contributed by atoms with E-state index in [9.17, 15) is 4.79 Å². The maximum Gasteiger partial charge on any atom is 0.308 e. The van der Waals surface area contributed by atoms with Gasteiger partial charge in [0.05, 0.1) is 19.2 Å². The van der Waals surface area contributed by atoms with Crippen molar-refractivity contribution in [2.24, 2.45) is 10.4 Å². The van der Waals surface area contributed by atoms with Crippen molar-refractivity contribution in [3.8, 4) is 0 Å². The summed E-state index contributed by atoms with van der Waals surface area (Å²) in [6, 6.07) is 9.83. The zero-order chi connectivity index (χ0) is 14.8. The molecule has 4 nitrogen and oxygen atoms in total. The van der Waals surface area contributed by atoms with Gasteiger partial charge in [-0.15, -0.1) is 0 Å². The lowest BCUT2D eigenvalue weighted by Gasteiger charge is -2.24. The molecule has 2 atom stereocenters. The summed E-state index contributed by atoms with van der Waals surface area (Å²) in [4.78, 5) is 16.2. The minimum absolute atomic E-state index is 0.106. The van der Waals surface area contributed by atoms with Gasteiger partial charge in [-0.2, -0.15) is 0 Å². The Morgan fingerprint density at radius 2 is 1.95 bits per heavy atom. The zero-order valence-electron chi connectivity index (χ0n) is 12.4. The Labute approximate surface area is 119 Å². The van der Waals surface area contributed by atoms with Gasteiger partial charge < -0.3 is 9.47 Å². The minimum atomic E-state index is -0.339. The van der Waals surface area contributed by atoms with Crippen molar-refractivity contribution in [2.45, 2.75) is 39.5 Å². The maximum absolute atomic E-state index is 11.5. The van der Waals surface area contributed by atoms with Crippen molar-refractivity contribution < 1.29 is 14.3 Å². The van der Waals surface area contributed by atoms with Crippen LogP contribution >= 0.6 is 0 Å². The first-order valence-corrected chi connectivity index (χ1v) is 6.77. The summed E-state index contributed by atoms with van der Waals surface area (Å²) in [6.45, 7) is 6.22. The summed E-state index contributed by atoms with van der Waals surface area (Å²) in [7, 11) is 1.39. The van der Waals surface area contributed by atoms with Crippen LogP contribution in [0.5, 0.6) is 0 Å². The van der Waals surface area contributed by atoms with Gasteiger partial charge in [-0.3, -0.25) is 9.79 Å². The van der Waals surface area contributed by atoms with Crippen molar-refractivity contribution in [1.82, 2.24) is 0 Å². The SMILES string of the molecule is COC(=O)CC1OC(C(C)(C)C)N=C1c1ccccc1. The Bertz CT molecular complexity index is 502. The maximum atomic E-state index is 11.5.